The highest BCUT2D eigenvalue weighted by atomic mass is 32.1. The first-order valence-electron chi connectivity index (χ1n) is 6.21. The van der Waals surface area contributed by atoms with Gasteiger partial charge in [-0.15, -0.1) is 11.3 Å². The van der Waals surface area contributed by atoms with Gasteiger partial charge in [-0.3, -0.25) is 5.32 Å². The van der Waals surface area contributed by atoms with Gasteiger partial charge in [0.1, 0.15) is 11.9 Å². The first kappa shape index (κ1) is 14.7. The lowest BCUT2D eigenvalue weighted by Crippen LogP contribution is -2.29. The van der Waals surface area contributed by atoms with Gasteiger partial charge in [-0.1, -0.05) is 12.1 Å². The maximum absolute atomic E-state index is 13.2. The van der Waals surface area contributed by atoms with Crippen molar-refractivity contribution in [2.24, 2.45) is 0 Å². The molecule has 5 heteroatoms. The molecule has 1 aromatic heterocycles. The fourth-order valence-electron chi connectivity index (χ4n) is 2.02. The van der Waals surface area contributed by atoms with E-state index >= 15 is 0 Å². The molecule has 1 atom stereocenters. The summed E-state index contributed by atoms with van der Waals surface area (Å²) in [7, 11) is 1.35. The molecule has 0 fully saturated rings. The number of carbonyl (C=O) groups excluding carboxylic acids is 1. The Morgan fingerprint density at radius 2 is 2.25 bits per heavy atom. The Balaban J connectivity index is 2.20. The minimum atomic E-state index is -0.595. The second-order valence-corrected chi connectivity index (χ2v) is 5.45. The van der Waals surface area contributed by atoms with Crippen molar-refractivity contribution in [3.05, 3.63) is 57.5 Å². The molecule has 0 aliphatic rings. The Morgan fingerprint density at radius 1 is 1.45 bits per heavy atom. The zero-order valence-electron chi connectivity index (χ0n) is 11.4. The van der Waals surface area contributed by atoms with Gasteiger partial charge in [0.25, 0.3) is 0 Å². The van der Waals surface area contributed by atoms with Crippen LogP contribution in [-0.2, 0) is 16.1 Å². The van der Waals surface area contributed by atoms with Gasteiger partial charge in [0, 0.05) is 11.4 Å². The van der Waals surface area contributed by atoms with Crippen LogP contribution < -0.4 is 5.32 Å². The molecule has 1 aromatic carbocycles. The fourth-order valence-corrected chi connectivity index (χ4v) is 2.67. The number of aryl methyl sites for hydroxylation is 1. The summed E-state index contributed by atoms with van der Waals surface area (Å²) in [4.78, 5) is 13.1. The molecule has 106 valence electrons. The number of ether oxygens (including phenoxy) is 1. The number of carbonyl (C=O) groups is 1. The average Bonchev–Trinajstić information content (AvgIpc) is 2.93. The SMILES string of the molecule is COC(=O)C(NCc1cccs1)c1ccc(F)cc1C. The zero-order chi connectivity index (χ0) is 14.5. The van der Waals surface area contributed by atoms with Crippen molar-refractivity contribution >= 4 is 17.3 Å². The summed E-state index contributed by atoms with van der Waals surface area (Å²) >= 11 is 1.61. The number of hydrogen-bond donors (Lipinski definition) is 1. The number of nitrogens with one attached hydrogen (secondary N) is 1. The molecule has 0 amide bonds. The van der Waals surface area contributed by atoms with Crippen molar-refractivity contribution in [1.82, 2.24) is 5.32 Å². The molecule has 1 unspecified atom stereocenters. The zero-order valence-corrected chi connectivity index (χ0v) is 12.2. The molecule has 0 spiro atoms. The van der Waals surface area contributed by atoms with Crippen LogP contribution in [0, 0.1) is 12.7 Å². The van der Waals surface area contributed by atoms with E-state index in [2.05, 4.69) is 5.32 Å². The largest absolute Gasteiger partial charge is 0.468 e. The molecule has 0 bridgehead atoms. The van der Waals surface area contributed by atoms with Gasteiger partial charge >= 0.3 is 5.97 Å². The molecule has 0 aliphatic carbocycles. The van der Waals surface area contributed by atoms with Crippen LogP contribution in [0.5, 0.6) is 0 Å². The van der Waals surface area contributed by atoms with Crippen LogP contribution in [0.4, 0.5) is 4.39 Å². The van der Waals surface area contributed by atoms with Crippen LogP contribution in [0.25, 0.3) is 0 Å². The number of esters is 1. The molecule has 3 nitrogen and oxygen atoms in total. The summed E-state index contributed by atoms with van der Waals surface area (Å²) in [5.41, 5.74) is 1.45. The molecule has 1 N–H and O–H groups in total. The quantitative estimate of drug-likeness (QED) is 0.860. The highest BCUT2D eigenvalue weighted by Gasteiger charge is 2.22. The Morgan fingerprint density at radius 3 is 2.85 bits per heavy atom. The van der Waals surface area contributed by atoms with Crippen LogP contribution in [0.3, 0.4) is 0 Å². The minimum Gasteiger partial charge on any atom is -0.468 e. The number of methoxy groups -OCH3 is 1. The summed E-state index contributed by atoms with van der Waals surface area (Å²) in [5.74, 6) is -0.690. The van der Waals surface area contributed by atoms with Crippen molar-refractivity contribution in [2.45, 2.75) is 19.5 Å². The van der Waals surface area contributed by atoms with Crippen LogP contribution in [0.1, 0.15) is 22.0 Å². The summed E-state index contributed by atoms with van der Waals surface area (Å²) in [6.45, 7) is 2.34. The molecular weight excluding hydrogens is 277 g/mol. The van der Waals surface area contributed by atoms with Crippen molar-refractivity contribution in [3.63, 3.8) is 0 Å². The van der Waals surface area contributed by atoms with E-state index in [1.807, 2.05) is 17.5 Å². The molecule has 0 aliphatic heterocycles. The van der Waals surface area contributed by atoms with Gasteiger partial charge in [-0.2, -0.15) is 0 Å². The molecule has 2 aromatic rings. The average molecular weight is 293 g/mol. The van der Waals surface area contributed by atoms with E-state index in [0.717, 1.165) is 16.0 Å². The Bertz CT molecular complexity index is 584. The first-order valence-corrected chi connectivity index (χ1v) is 7.09. The summed E-state index contributed by atoms with van der Waals surface area (Å²) < 4.78 is 18.0. The van der Waals surface area contributed by atoms with Crippen molar-refractivity contribution < 1.29 is 13.9 Å². The standard InChI is InChI=1S/C15H16FNO2S/c1-10-8-11(16)5-6-13(10)14(15(18)19-2)17-9-12-4-3-7-20-12/h3-8,14,17H,9H2,1-2H3. The Hall–Kier alpha value is -1.72. The van der Waals surface area contributed by atoms with E-state index in [1.54, 1.807) is 24.3 Å². The lowest BCUT2D eigenvalue weighted by molar-refractivity contribution is -0.143. The normalized spacial score (nSPS) is 12.2. The van der Waals surface area contributed by atoms with E-state index < -0.39 is 6.04 Å². The molecule has 0 saturated heterocycles. The van der Waals surface area contributed by atoms with Crippen molar-refractivity contribution in [1.29, 1.82) is 0 Å². The van der Waals surface area contributed by atoms with E-state index in [-0.39, 0.29) is 11.8 Å². The van der Waals surface area contributed by atoms with E-state index in [4.69, 9.17) is 4.74 Å². The number of halogens is 1. The Kier molecular flexibility index (Phi) is 4.87. The van der Waals surface area contributed by atoms with E-state index in [1.165, 1.54) is 19.2 Å². The lowest BCUT2D eigenvalue weighted by Gasteiger charge is -2.18. The highest BCUT2D eigenvalue weighted by Crippen LogP contribution is 2.21. The van der Waals surface area contributed by atoms with Crippen LogP contribution in [0.15, 0.2) is 35.7 Å². The highest BCUT2D eigenvalue weighted by molar-refractivity contribution is 7.09. The Labute approximate surface area is 121 Å². The summed E-state index contributed by atoms with van der Waals surface area (Å²) in [6, 6.07) is 7.74. The molecule has 20 heavy (non-hydrogen) atoms. The van der Waals surface area contributed by atoms with Crippen LogP contribution in [0.2, 0.25) is 0 Å². The summed E-state index contributed by atoms with van der Waals surface area (Å²) in [5, 5.41) is 5.14. The maximum Gasteiger partial charge on any atom is 0.327 e. The van der Waals surface area contributed by atoms with Crippen molar-refractivity contribution in [2.75, 3.05) is 7.11 Å². The molecule has 0 saturated carbocycles. The third-order valence-corrected chi connectivity index (χ3v) is 3.92. The molecule has 0 radical (unpaired) electrons. The predicted molar refractivity (Wildman–Crippen MR) is 77.1 cm³/mol. The van der Waals surface area contributed by atoms with Crippen molar-refractivity contribution in [3.8, 4) is 0 Å². The smallest absolute Gasteiger partial charge is 0.327 e. The lowest BCUT2D eigenvalue weighted by atomic mass is 10.0. The van der Waals surface area contributed by atoms with Gasteiger partial charge in [-0.25, -0.2) is 9.18 Å². The third-order valence-electron chi connectivity index (χ3n) is 3.04. The monoisotopic (exact) mass is 293 g/mol. The second kappa shape index (κ2) is 6.63. The van der Waals surface area contributed by atoms with Gasteiger partial charge < -0.3 is 4.74 Å². The van der Waals surface area contributed by atoms with E-state index in [0.29, 0.717) is 6.54 Å². The second-order valence-electron chi connectivity index (χ2n) is 4.42. The van der Waals surface area contributed by atoms with E-state index in [9.17, 15) is 9.18 Å². The molecular formula is C15H16FNO2S. The topological polar surface area (TPSA) is 38.3 Å². The summed E-state index contributed by atoms with van der Waals surface area (Å²) in [6.07, 6.45) is 0. The number of thiophene rings is 1. The van der Waals surface area contributed by atoms with Gasteiger partial charge in [0.05, 0.1) is 7.11 Å². The fraction of sp³-hybridized carbons (Fsp3) is 0.267. The van der Waals surface area contributed by atoms with Crippen LogP contribution >= 0.6 is 11.3 Å². The minimum absolute atomic E-state index is 0.312. The number of rotatable bonds is 5. The van der Waals surface area contributed by atoms with Gasteiger partial charge in [0.15, 0.2) is 0 Å². The van der Waals surface area contributed by atoms with Crippen LogP contribution in [-0.4, -0.2) is 13.1 Å². The molecule has 2 rings (SSSR count). The molecule has 1 heterocycles. The predicted octanol–water partition coefficient (Wildman–Crippen LogP) is 3.20. The number of hydrogen-bond acceptors (Lipinski definition) is 4. The number of benzene rings is 1. The van der Waals surface area contributed by atoms with Gasteiger partial charge in [0.2, 0.25) is 0 Å². The first-order chi connectivity index (χ1) is 9.61. The third kappa shape index (κ3) is 3.43. The van der Waals surface area contributed by atoms with Gasteiger partial charge in [-0.05, 0) is 41.6 Å². The maximum atomic E-state index is 13.2.